The third kappa shape index (κ3) is 1.95. The lowest BCUT2D eigenvalue weighted by Gasteiger charge is -2.25. The minimum Gasteiger partial charge on any atom is -0.302 e. The van der Waals surface area contributed by atoms with Crippen molar-refractivity contribution in [2.24, 2.45) is 11.8 Å². The van der Waals surface area contributed by atoms with E-state index in [1.807, 2.05) is 6.20 Å². The maximum Gasteiger partial charge on any atom is 0.0306 e. The predicted octanol–water partition coefficient (Wildman–Crippen LogP) is 2.79. The summed E-state index contributed by atoms with van der Waals surface area (Å²) in [7, 11) is 0. The van der Waals surface area contributed by atoms with E-state index in [0.717, 1.165) is 5.92 Å². The summed E-state index contributed by atoms with van der Waals surface area (Å²) in [4.78, 5) is 6.97. The fourth-order valence-corrected chi connectivity index (χ4v) is 3.93. The van der Waals surface area contributed by atoms with Gasteiger partial charge in [-0.25, -0.2) is 0 Å². The second-order valence-corrected chi connectivity index (χ2v) is 6.30. The average Bonchev–Trinajstić information content (AvgIpc) is 3.04. The van der Waals surface area contributed by atoms with Crippen molar-refractivity contribution in [3.8, 4) is 0 Å². The second-order valence-electron chi connectivity index (χ2n) is 6.30. The SMILES string of the molecule is C1=CCC(CN2C[C@@H]3CC3(c3cccnc3)C2)C=C1. The summed E-state index contributed by atoms with van der Waals surface area (Å²) in [5.41, 5.74) is 1.91. The Balaban J connectivity index is 1.44. The van der Waals surface area contributed by atoms with Crippen molar-refractivity contribution in [2.75, 3.05) is 19.6 Å². The number of rotatable bonds is 3. The molecule has 2 nitrogen and oxygen atoms in total. The maximum absolute atomic E-state index is 4.30. The van der Waals surface area contributed by atoms with E-state index in [0.29, 0.717) is 11.3 Å². The molecule has 0 radical (unpaired) electrons. The Labute approximate surface area is 114 Å². The number of fused-ring (bicyclic) bond motifs is 1. The monoisotopic (exact) mass is 252 g/mol. The number of piperidine rings is 1. The van der Waals surface area contributed by atoms with Crippen LogP contribution < -0.4 is 0 Å². The van der Waals surface area contributed by atoms with E-state index in [1.165, 1.54) is 38.0 Å². The summed E-state index contributed by atoms with van der Waals surface area (Å²) in [6, 6.07) is 4.34. The molecule has 1 aromatic rings. The first-order valence-corrected chi connectivity index (χ1v) is 7.33. The molecule has 0 amide bonds. The first kappa shape index (κ1) is 11.4. The molecule has 1 saturated heterocycles. The normalized spacial score (nSPS) is 36.4. The van der Waals surface area contributed by atoms with Crippen molar-refractivity contribution < 1.29 is 0 Å². The van der Waals surface area contributed by atoms with Crippen LogP contribution in [0.4, 0.5) is 0 Å². The van der Waals surface area contributed by atoms with Crippen LogP contribution in [0, 0.1) is 11.8 Å². The van der Waals surface area contributed by atoms with Gasteiger partial charge in [-0.2, -0.15) is 0 Å². The summed E-state index contributed by atoms with van der Waals surface area (Å²) in [5, 5.41) is 0. The van der Waals surface area contributed by atoms with Crippen LogP contribution in [0.1, 0.15) is 18.4 Å². The molecule has 0 spiro atoms. The Bertz CT molecular complexity index is 519. The van der Waals surface area contributed by atoms with E-state index in [9.17, 15) is 0 Å². The van der Waals surface area contributed by atoms with Crippen LogP contribution in [0.2, 0.25) is 0 Å². The van der Waals surface area contributed by atoms with Crippen LogP contribution in [0.15, 0.2) is 48.8 Å². The highest BCUT2D eigenvalue weighted by Crippen LogP contribution is 2.58. The van der Waals surface area contributed by atoms with E-state index >= 15 is 0 Å². The maximum atomic E-state index is 4.30. The van der Waals surface area contributed by atoms with Gasteiger partial charge in [-0.3, -0.25) is 4.98 Å². The molecule has 0 bridgehead atoms. The van der Waals surface area contributed by atoms with Crippen LogP contribution in [0.25, 0.3) is 0 Å². The fourth-order valence-electron chi connectivity index (χ4n) is 3.93. The van der Waals surface area contributed by atoms with Crippen LogP contribution in [0.5, 0.6) is 0 Å². The van der Waals surface area contributed by atoms with Crippen molar-refractivity contribution >= 4 is 0 Å². The minimum absolute atomic E-state index is 0.447. The van der Waals surface area contributed by atoms with E-state index in [1.54, 1.807) is 0 Å². The van der Waals surface area contributed by atoms with Gasteiger partial charge in [-0.05, 0) is 36.3 Å². The van der Waals surface area contributed by atoms with Crippen molar-refractivity contribution in [3.05, 3.63) is 54.4 Å². The molecule has 1 saturated carbocycles. The number of aromatic nitrogens is 1. The molecule has 98 valence electrons. The molecule has 3 aliphatic rings. The lowest BCUT2D eigenvalue weighted by Crippen LogP contribution is -2.31. The molecule has 2 aliphatic carbocycles. The lowest BCUT2D eigenvalue weighted by molar-refractivity contribution is 0.269. The summed E-state index contributed by atoms with van der Waals surface area (Å²) in [5.74, 6) is 1.59. The van der Waals surface area contributed by atoms with Crippen LogP contribution >= 0.6 is 0 Å². The molecule has 2 heterocycles. The van der Waals surface area contributed by atoms with Gasteiger partial charge >= 0.3 is 0 Å². The quantitative estimate of drug-likeness (QED) is 0.822. The van der Waals surface area contributed by atoms with Crippen molar-refractivity contribution in [3.63, 3.8) is 0 Å². The van der Waals surface area contributed by atoms with Gasteiger partial charge < -0.3 is 4.90 Å². The Morgan fingerprint density at radius 1 is 1.37 bits per heavy atom. The van der Waals surface area contributed by atoms with Gasteiger partial charge in [-0.1, -0.05) is 30.4 Å². The first-order chi connectivity index (χ1) is 9.37. The highest BCUT2D eigenvalue weighted by molar-refractivity contribution is 5.35. The van der Waals surface area contributed by atoms with E-state index in [4.69, 9.17) is 0 Å². The molecule has 1 aliphatic heterocycles. The molecule has 2 fully saturated rings. The topological polar surface area (TPSA) is 16.1 Å². The van der Waals surface area contributed by atoms with E-state index in [2.05, 4.69) is 52.5 Å². The second kappa shape index (κ2) is 4.31. The molecule has 0 aromatic carbocycles. The standard InChI is InChI=1S/C17H20N2/c1-2-5-14(6-3-1)11-19-12-16-9-17(16,13-19)15-7-4-8-18-10-15/h1-5,7-8,10,14,16H,6,9,11-13H2/t14?,16-,17?/m0/s1. The highest BCUT2D eigenvalue weighted by atomic mass is 15.2. The number of likely N-dealkylation sites (tertiary alicyclic amines) is 1. The molecule has 2 unspecified atom stereocenters. The zero-order valence-electron chi connectivity index (χ0n) is 11.2. The molecule has 0 N–H and O–H groups in total. The lowest BCUT2D eigenvalue weighted by atomic mass is 9.96. The van der Waals surface area contributed by atoms with Crippen molar-refractivity contribution in [1.29, 1.82) is 0 Å². The zero-order chi connectivity index (χ0) is 12.7. The summed E-state index contributed by atoms with van der Waals surface area (Å²) in [6.07, 6.45) is 15.5. The Hall–Kier alpha value is -1.41. The minimum atomic E-state index is 0.447. The summed E-state index contributed by atoms with van der Waals surface area (Å²) >= 11 is 0. The average molecular weight is 252 g/mol. The van der Waals surface area contributed by atoms with Gasteiger partial charge in [-0.15, -0.1) is 0 Å². The predicted molar refractivity (Wildman–Crippen MR) is 76.8 cm³/mol. The number of allylic oxidation sites excluding steroid dienone is 3. The number of pyridine rings is 1. The molecular formula is C17H20N2. The van der Waals surface area contributed by atoms with Crippen LogP contribution in [-0.4, -0.2) is 29.5 Å². The molecule has 19 heavy (non-hydrogen) atoms. The van der Waals surface area contributed by atoms with Crippen LogP contribution in [-0.2, 0) is 5.41 Å². The molecule has 4 rings (SSSR count). The first-order valence-electron chi connectivity index (χ1n) is 7.33. The number of nitrogens with zero attached hydrogens (tertiary/aromatic N) is 2. The number of hydrogen-bond donors (Lipinski definition) is 0. The van der Waals surface area contributed by atoms with Crippen LogP contribution in [0.3, 0.4) is 0 Å². The summed E-state index contributed by atoms with van der Waals surface area (Å²) in [6.45, 7) is 3.74. The van der Waals surface area contributed by atoms with Gasteiger partial charge in [0.1, 0.15) is 0 Å². The van der Waals surface area contributed by atoms with Gasteiger partial charge in [0.25, 0.3) is 0 Å². The van der Waals surface area contributed by atoms with Gasteiger partial charge in [0.2, 0.25) is 0 Å². The Kier molecular flexibility index (Phi) is 2.59. The third-order valence-electron chi connectivity index (χ3n) is 5.01. The Morgan fingerprint density at radius 2 is 2.37 bits per heavy atom. The zero-order valence-corrected chi connectivity index (χ0v) is 11.2. The molecule has 1 aromatic heterocycles. The van der Waals surface area contributed by atoms with Gasteiger partial charge in [0.15, 0.2) is 0 Å². The van der Waals surface area contributed by atoms with Crippen molar-refractivity contribution in [2.45, 2.75) is 18.3 Å². The fraction of sp³-hybridized carbons (Fsp3) is 0.471. The third-order valence-corrected chi connectivity index (χ3v) is 5.01. The smallest absolute Gasteiger partial charge is 0.0306 e. The van der Waals surface area contributed by atoms with Gasteiger partial charge in [0, 0.05) is 37.4 Å². The largest absolute Gasteiger partial charge is 0.302 e. The summed E-state index contributed by atoms with van der Waals surface area (Å²) < 4.78 is 0. The van der Waals surface area contributed by atoms with Gasteiger partial charge in [0.05, 0.1) is 0 Å². The van der Waals surface area contributed by atoms with E-state index in [-0.39, 0.29) is 0 Å². The Morgan fingerprint density at radius 3 is 3.16 bits per heavy atom. The highest BCUT2D eigenvalue weighted by Gasteiger charge is 2.60. The number of hydrogen-bond acceptors (Lipinski definition) is 2. The molecule has 2 heteroatoms. The molecular weight excluding hydrogens is 232 g/mol. The van der Waals surface area contributed by atoms with Crippen molar-refractivity contribution in [1.82, 2.24) is 9.88 Å². The van der Waals surface area contributed by atoms with E-state index < -0.39 is 0 Å². The molecule has 3 atom stereocenters.